The zero-order valence-electron chi connectivity index (χ0n) is 9.63. The molecule has 0 spiro atoms. The highest BCUT2D eigenvalue weighted by atomic mass is 79.9. The molecule has 1 aromatic rings. The van der Waals surface area contributed by atoms with Crippen LogP contribution in [0.4, 0.5) is 10.1 Å². The molecule has 1 N–H and O–H groups in total. The molecule has 3 heteroatoms. The molecule has 0 aliphatic heterocycles. The van der Waals surface area contributed by atoms with Gasteiger partial charge in [-0.25, -0.2) is 4.39 Å². The second kappa shape index (κ2) is 4.74. The van der Waals surface area contributed by atoms with Gasteiger partial charge in [-0.1, -0.05) is 13.8 Å². The van der Waals surface area contributed by atoms with Crippen LogP contribution in [0.25, 0.3) is 0 Å². The fraction of sp³-hybridized carbons (Fsp3) is 0.538. The Morgan fingerprint density at radius 3 is 2.62 bits per heavy atom. The maximum Gasteiger partial charge on any atom is 0.139 e. The molecule has 0 amide bonds. The molecule has 0 unspecified atom stereocenters. The van der Waals surface area contributed by atoms with Gasteiger partial charge in [-0.05, 0) is 58.8 Å². The van der Waals surface area contributed by atoms with E-state index in [0.29, 0.717) is 10.5 Å². The number of benzene rings is 1. The van der Waals surface area contributed by atoms with Crippen molar-refractivity contribution in [2.24, 2.45) is 11.8 Å². The van der Waals surface area contributed by atoms with Crippen LogP contribution in [0.5, 0.6) is 0 Å². The summed E-state index contributed by atoms with van der Waals surface area (Å²) >= 11 is 3.15. The smallest absolute Gasteiger partial charge is 0.139 e. The Kier molecular flexibility index (Phi) is 3.53. The van der Waals surface area contributed by atoms with Crippen molar-refractivity contribution in [3.8, 4) is 0 Å². The molecular weight excluding hydrogens is 269 g/mol. The molecule has 2 rings (SSSR count). The lowest BCUT2D eigenvalue weighted by Crippen LogP contribution is -2.37. The normalized spacial score (nSPS) is 24.3. The summed E-state index contributed by atoms with van der Waals surface area (Å²) in [5.74, 6) is 1.39. The predicted molar refractivity (Wildman–Crippen MR) is 69.1 cm³/mol. The summed E-state index contributed by atoms with van der Waals surface area (Å²) in [6.07, 6.45) is 2.41. The number of anilines is 1. The van der Waals surface area contributed by atoms with Gasteiger partial charge in [0.25, 0.3) is 0 Å². The van der Waals surface area contributed by atoms with E-state index >= 15 is 0 Å². The highest BCUT2D eigenvalue weighted by Crippen LogP contribution is 2.35. The van der Waals surface area contributed by atoms with Crippen molar-refractivity contribution in [2.75, 3.05) is 5.32 Å². The summed E-state index contributed by atoms with van der Waals surface area (Å²) in [5.41, 5.74) is 0.882. The average Bonchev–Trinajstić information content (AvgIpc) is 2.15. The van der Waals surface area contributed by atoms with E-state index in [1.54, 1.807) is 12.1 Å². The number of rotatable bonds is 3. The molecule has 1 aliphatic rings. The molecule has 0 bridgehead atoms. The van der Waals surface area contributed by atoms with Gasteiger partial charge in [-0.15, -0.1) is 0 Å². The van der Waals surface area contributed by atoms with Gasteiger partial charge in [0, 0.05) is 11.7 Å². The molecule has 1 aromatic carbocycles. The lowest BCUT2D eigenvalue weighted by Gasteiger charge is -2.39. The molecule has 0 atom stereocenters. The van der Waals surface area contributed by atoms with Crippen molar-refractivity contribution < 1.29 is 4.39 Å². The zero-order chi connectivity index (χ0) is 11.7. The monoisotopic (exact) mass is 285 g/mol. The van der Waals surface area contributed by atoms with Crippen LogP contribution >= 0.6 is 15.9 Å². The highest BCUT2D eigenvalue weighted by molar-refractivity contribution is 9.10. The summed E-state index contributed by atoms with van der Waals surface area (Å²) in [7, 11) is 0. The molecule has 1 fully saturated rings. The average molecular weight is 286 g/mol. The second-order valence-electron chi connectivity index (χ2n) is 4.95. The first-order chi connectivity index (χ1) is 7.56. The van der Waals surface area contributed by atoms with Gasteiger partial charge in [0.1, 0.15) is 5.82 Å². The van der Waals surface area contributed by atoms with Crippen molar-refractivity contribution in [1.29, 1.82) is 0 Å². The standard InChI is InChI=1S/C13H17BrFN/c1-8(2)9-5-11(6-9)16-10-3-4-12(14)13(15)7-10/h3-4,7-9,11,16H,5-6H2,1-2H3. The van der Waals surface area contributed by atoms with E-state index in [2.05, 4.69) is 35.1 Å². The van der Waals surface area contributed by atoms with Crippen LogP contribution in [0.2, 0.25) is 0 Å². The van der Waals surface area contributed by atoms with E-state index in [9.17, 15) is 4.39 Å². The van der Waals surface area contributed by atoms with Crippen LogP contribution < -0.4 is 5.32 Å². The minimum atomic E-state index is -0.204. The van der Waals surface area contributed by atoms with Crippen molar-refractivity contribution in [1.82, 2.24) is 0 Å². The van der Waals surface area contributed by atoms with E-state index in [4.69, 9.17) is 0 Å². The first-order valence-electron chi connectivity index (χ1n) is 5.78. The molecular formula is C13H17BrFN. The quantitative estimate of drug-likeness (QED) is 0.866. The topological polar surface area (TPSA) is 12.0 Å². The predicted octanol–water partition coefficient (Wildman–Crippen LogP) is 4.43. The molecule has 16 heavy (non-hydrogen) atoms. The van der Waals surface area contributed by atoms with Gasteiger partial charge in [-0.2, -0.15) is 0 Å². The molecule has 0 heterocycles. The van der Waals surface area contributed by atoms with E-state index < -0.39 is 0 Å². The largest absolute Gasteiger partial charge is 0.382 e. The van der Waals surface area contributed by atoms with Gasteiger partial charge in [0.05, 0.1) is 4.47 Å². The number of halogens is 2. The molecule has 0 aromatic heterocycles. The summed E-state index contributed by atoms with van der Waals surface area (Å²) in [6.45, 7) is 4.53. The third-order valence-corrected chi connectivity index (χ3v) is 4.05. The fourth-order valence-electron chi connectivity index (χ4n) is 2.15. The van der Waals surface area contributed by atoms with E-state index in [-0.39, 0.29) is 5.82 Å². The second-order valence-corrected chi connectivity index (χ2v) is 5.80. The molecule has 1 saturated carbocycles. The Morgan fingerprint density at radius 1 is 1.38 bits per heavy atom. The molecule has 1 aliphatic carbocycles. The number of hydrogen-bond acceptors (Lipinski definition) is 1. The number of nitrogens with one attached hydrogen (secondary N) is 1. The van der Waals surface area contributed by atoms with Crippen molar-refractivity contribution in [3.05, 3.63) is 28.5 Å². The Balaban J connectivity index is 1.89. The van der Waals surface area contributed by atoms with E-state index in [1.165, 1.54) is 12.8 Å². The van der Waals surface area contributed by atoms with Crippen LogP contribution in [0.15, 0.2) is 22.7 Å². The molecule has 0 saturated heterocycles. The minimum absolute atomic E-state index is 0.204. The summed E-state index contributed by atoms with van der Waals surface area (Å²) in [4.78, 5) is 0. The van der Waals surface area contributed by atoms with Crippen molar-refractivity contribution in [2.45, 2.75) is 32.7 Å². The summed E-state index contributed by atoms with van der Waals surface area (Å²) in [5, 5.41) is 3.37. The van der Waals surface area contributed by atoms with E-state index in [1.807, 2.05) is 6.07 Å². The van der Waals surface area contributed by atoms with Crippen molar-refractivity contribution in [3.63, 3.8) is 0 Å². The highest BCUT2D eigenvalue weighted by Gasteiger charge is 2.30. The van der Waals surface area contributed by atoms with Gasteiger partial charge in [-0.3, -0.25) is 0 Å². The lowest BCUT2D eigenvalue weighted by molar-refractivity contribution is 0.212. The van der Waals surface area contributed by atoms with Gasteiger partial charge in [0.15, 0.2) is 0 Å². The minimum Gasteiger partial charge on any atom is -0.382 e. The first-order valence-corrected chi connectivity index (χ1v) is 6.57. The molecule has 88 valence electrons. The zero-order valence-corrected chi connectivity index (χ0v) is 11.2. The third kappa shape index (κ3) is 2.57. The van der Waals surface area contributed by atoms with Gasteiger partial charge >= 0.3 is 0 Å². The maximum absolute atomic E-state index is 13.3. The first kappa shape index (κ1) is 11.9. The SMILES string of the molecule is CC(C)C1CC(Nc2ccc(Br)c(F)c2)C1. The van der Waals surface area contributed by atoms with Crippen LogP contribution in [0, 0.1) is 17.7 Å². The molecule has 0 radical (unpaired) electrons. The third-order valence-electron chi connectivity index (χ3n) is 3.41. The fourth-order valence-corrected chi connectivity index (χ4v) is 2.39. The van der Waals surface area contributed by atoms with Crippen LogP contribution in [0.1, 0.15) is 26.7 Å². The Hall–Kier alpha value is -0.570. The Morgan fingerprint density at radius 2 is 2.06 bits per heavy atom. The maximum atomic E-state index is 13.3. The summed E-state index contributed by atoms with van der Waals surface area (Å²) < 4.78 is 13.8. The van der Waals surface area contributed by atoms with Crippen LogP contribution in [-0.4, -0.2) is 6.04 Å². The van der Waals surface area contributed by atoms with Gasteiger partial charge in [0.2, 0.25) is 0 Å². The van der Waals surface area contributed by atoms with Crippen LogP contribution in [-0.2, 0) is 0 Å². The Bertz CT molecular complexity index is 372. The van der Waals surface area contributed by atoms with Crippen molar-refractivity contribution >= 4 is 21.6 Å². The van der Waals surface area contributed by atoms with Gasteiger partial charge < -0.3 is 5.32 Å². The summed E-state index contributed by atoms with van der Waals surface area (Å²) in [6, 6.07) is 5.73. The molecule has 1 nitrogen and oxygen atoms in total. The Labute approximate surface area is 105 Å². The van der Waals surface area contributed by atoms with Crippen LogP contribution in [0.3, 0.4) is 0 Å². The lowest BCUT2D eigenvalue weighted by atomic mass is 9.73. The number of hydrogen-bond donors (Lipinski definition) is 1. The van der Waals surface area contributed by atoms with E-state index in [0.717, 1.165) is 17.5 Å².